The average Bonchev–Trinajstić information content (AvgIpc) is 2.17. The van der Waals surface area contributed by atoms with Crippen LogP contribution in [0.1, 0.15) is 32.6 Å². The summed E-state index contributed by atoms with van der Waals surface area (Å²) in [6.07, 6.45) is 2.17. The Morgan fingerprint density at radius 3 is 2.79 bits per heavy atom. The summed E-state index contributed by atoms with van der Waals surface area (Å²) in [6.45, 7) is 2.04. The van der Waals surface area contributed by atoms with E-state index in [1.807, 2.05) is 6.92 Å². The van der Waals surface area contributed by atoms with Crippen molar-refractivity contribution in [3.8, 4) is 0 Å². The summed E-state index contributed by atoms with van der Waals surface area (Å²) in [5.74, 6) is -0.137. The second kappa shape index (κ2) is 4.28. The van der Waals surface area contributed by atoms with E-state index >= 15 is 0 Å². The second-order valence-electron chi connectivity index (χ2n) is 4.13. The van der Waals surface area contributed by atoms with Gasteiger partial charge in [0.25, 0.3) is 0 Å². The highest BCUT2D eigenvalue weighted by Crippen LogP contribution is 2.33. The fourth-order valence-corrected chi connectivity index (χ4v) is 2.14. The largest absolute Gasteiger partial charge is 0.468 e. The van der Waals surface area contributed by atoms with Crippen LogP contribution in [0.5, 0.6) is 0 Å². The Hall–Kier alpha value is -0.610. The number of rotatable bonds is 2. The number of aliphatic hydroxyl groups excluding tert-OH is 1. The van der Waals surface area contributed by atoms with Gasteiger partial charge in [0.2, 0.25) is 0 Å². The number of esters is 1. The van der Waals surface area contributed by atoms with Crippen LogP contribution in [0.25, 0.3) is 0 Å². The molecule has 3 unspecified atom stereocenters. The first kappa shape index (κ1) is 11.5. The van der Waals surface area contributed by atoms with Gasteiger partial charge in [0.1, 0.15) is 5.54 Å². The van der Waals surface area contributed by atoms with Gasteiger partial charge in [0, 0.05) is 6.42 Å². The van der Waals surface area contributed by atoms with Gasteiger partial charge in [0.15, 0.2) is 0 Å². The summed E-state index contributed by atoms with van der Waals surface area (Å²) in [4.78, 5) is 11.4. The highest BCUT2D eigenvalue weighted by Gasteiger charge is 2.42. The molecule has 0 amide bonds. The van der Waals surface area contributed by atoms with Crippen molar-refractivity contribution < 1.29 is 14.6 Å². The van der Waals surface area contributed by atoms with Crippen molar-refractivity contribution >= 4 is 5.97 Å². The maximum absolute atomic E-state index is 11.4. The maximum atomic E-state index is 11.4. The van der Waals surface area contributed by atoms with E-state index in [4.69, 9.17) is 5.73 Å². The van der Waals surface area contributed by atoms with Gasteiger partial charge < -0.3 is 15.6 Å². The Labute approximate surface area is 84.4 Å². The van der Waals surface area contributed by atoms with Gasteiger partial charge in [-0.2, -0.15) is 0 Å². The molecule has 0 aromatic carbocycles. The number of carbonyl (C=O) groups is 1. The summed E-state index contributed by atoms with van der Waals surface area (Å²) < 4.78 is 4.63. The molecule has 3 atom stereocenters. The zero-order chi connectivity index (χ0) is 10.8. The first-order valence-corrected chi connectivity index (χ1v) is 5.09. The van der Waals surface area contributed by atoms with Crippen LogP contribution in [0.4, 0.5) is 0 Å². The van der Waals surface area contributed by atoms with E-state index in [0.29, 0.717) is 12.8 Å². The Morgan fingerprint density at radius 1 is 1.71 bits per heavy atom. The molecule has 1 saturated carbocycles. The molecule has 0 bridgehead atoms. The van der Waals surface area contributed by atoms with E-state index in [1.54, 1.807) is 0 Å². The van der Waals surface area contributed by atoms with Crippen LogP contribution in [0, 0.1) is 5.92 Å². The van der Waals surface area contributed by atoms with Gasteiger partial charge in [-0.05, 0) is 18.8 Å². The van der Waals surface area contributed by atoms with Crippen molar-refractivity contribution in [3.63, 3.8) is 0 Å². The van der Waals surface area contributed by atoms with Crippen molar-refractivity contribution in [2.75, 3.05) is 7.11 Å². The minimum Gasteiger partial charge on any atom is -0.468 e. The van der Waals surface area contributed by atoms with Crippen molar-refractivity contribution in [3.05, 3.63) is 0 Å². The molecule has 14 heavy (non-hydrogen) atoms. The van der Waals surface area contributed by atoms with Crippen molar-refractivity contribution in [2.24, 2.45) is 11.7 Å². The van der Waals surface area contributed by atoms with Crippen molar-refractivity contribution in [2.45, 2.75) is 44.2 Å². The van der Waals surface area contributed by atoms with E-state index in [1.165, 1.54) is 7.11 Å². The monoisotopic (exact) mass is 201 g/mol. The predicted molar refractivity (Wildman–Crippen MR) is 52.6 cm³/mol. The number of nitrogens with two attached hydrogens (primary N) is 1. The average molecular weight is 201 g/mol. The minimum atomic E-state index is -0.972. The quantitative estimate of drug-likeness (QED) is 0.635. The Bertz CT molecular complexity index is 219. The summed E-state index contributed by atoms with van der Waals surface area (Å²) in [5.41, 5.74) is 4.91. The van der Waals surface area contributed by atoms with Crippen LogP contribution in [0.15, 0.2) is 0 Å². The molecular formula is C10H19NO3. The van der Waals surface area contributed by atoms with E-state index in [2.05, 4.69) is 4.74 Å². The summed E-state index contributed by atoms with van der Waals surface area (Å²) in [7, 11) is 1.33. The van der Waals surface area contributed by atoms with E-state index in [0.717, 1.165) is 12.8 Å². The van der Waals surface area contributed by atoms with Gasteiger partial charge in [-0.15, -0.1) is 0 Å². The molecule has 0 spiro atoms. The lowest BCUT2D eigenvalue weighted by Gasteiger charge is -2.37. The van der Waals surface area contributed by atoms with Gasteiger partial charge >= 0.3 is 5.97 Å². The fourth-order valence-electron chi connectivity index (χ4n) is 2.14. The number of aliphatic hydroxyl groups is 1. The van der Waals surface area contributed by atoms with Crippen LogP contribution in [0.3, 0.4) is 0 Å². The molecule has 4 heteroatoms. The van der Waals surface area contributed by atoms with Crippen molar-refractivity contribution in [1.29, 1.82) is 0 Å². The third kappa shape index (κ3) is 2.07. The molecule has 82 valence electrons. The normalized spacial score (nSPS) is 38.0. The molecule has 0 heterocycles. The molecule has 0 saturated heterocycles. The lowest BCUT2D eigenvalue weighted by molar-refractivity contribution is -0.151. The van der Waals surface area contributed by atoms with Crippen LogP contribution in [-0.4, -0.2) is 29.8 Å². The zero-order valence-electron chi connectivity index (χ0n) is 8.82. The first-order valence-electron chi connectivity index (χ1n) is 5.09. The molecule has 3 N–H and O–H groups in total. The number of methoxy groups -OCH3 is 1. The standard InChI is InChI=1S/C10H19NO3/c1-3-7-4-5-10(11,6-8(7)12)9(13)14-2/h7-8,12H,3-6,11H2,1-2H3. The lowest BCUT2D eigenvalue weighted by Crippen LogP contribution is -2.55. The summed E-state index contributed by atoms with van der Waals surface area (Å²) in [5, 5.41) is 9.76. The summed E-state index contributed by atoms with van der Waals surface area (Å²) >= 11 is 0. The Morgan fingerprint density at radius 2 is 2.36 bits per heavy atom. The van der Waals surface area contributed by atoms with Crippen LogP contribution in [0.2, 0.25) is 0 Å². The Balaban J connectivity index is 2.65. The SMILES string of the molecule is CCC1CCC(N)(C(=O)OC)CC1O. The fraction of sp³-hybridized carbons (Fsp3) is 0.900. The van der Waals surface area contributed by atoms with E-state index in [9.17, 15) is 9.90 Å². The second-order valence-corrected chi connectivity index (χ2v) is 4.13. The highest BCUT2D eigenvalue weighted by atomic mass is 16.5. The molecule has 1 aliphatic carbocycles. The molecule has 0 aromatic heterocycles. The molecule has 0 aliphatic heterocycles. The number of hydrogen-bond acceptors (Lipinski definition) is 4. The molecular weight excluding hydrogens is 182 g/mol. The summed E-state index contributed by atoms with van der Waals surface area (Å²) in [6, 6.07) is 0. The minimum absolute atomic E-state index is 0.274. The lowest BCUT2D eigenvalue weighted by atomic mass is 9.74. The third-order valence-electron chi connectivity index (χ3n) is 3.20. The molecule has 1 aliphatic rings. The molecule has 4 nitrogen and oxygen atoms in total. The number of carbonyl (C=O) groups excluding carboxylic acids is 1. The molecule has 0 aromatic rings. The van der Waals surface area contributed by atoms with E-state index in [-0.39, 0.29) is 5.92 Å². The predicted octanol–water partition coefficient (Wildman–Crippen LogP) is 0.428. The number of ether oxygens (including phenoxy) is 1. The maximum Gasteiger partial charge on any atom is 0.325 e. The third-order valence-corrected chi connectivity index (χ3v) is 3.20. The first-order chi connectivity index (χ1) is 6.53. The molecule has 0 radical (unpaired) electrons. The Kier molecular flexibility index (Phi) is 3.50. The molecule has 1 fully saturated rings. The van der Waals surface area contributed by atoms with Gasteiger partial charge in [-0.1, -0.05) is 13.3 Å². The van der Waals surface area contributed by atoms with Crippen LogP contribution >= 0.6 is 0 Å². The van der Waals surface area contributed by atoms with Gasteiger partial charge in [-0.3, -0.25) is 4.79 Å². The van der Waals surface area contributed by atoms with Gasteiger partial charge in [0.05, 0.1) is 13.2 Å². The smallest absolute Gasteiger partial charge is 0.325 e. The van der Waals surface area contributed by atoms with Gasteiger partial charge in [-0.25, -0.2) is 0 Å². The van der Waals surface area contributed by atoms with E-state index < -0.39 is 17.6 Å². The number of hydrogen-bond donors (Lipinski definition) is 2. The topological polar surface area (TPSA) is 72.6 Å². The highest BCUT2D eigenvalue weighted by molar-refractivity contribution is 5.80. The van der Waals surface area contributed by atoms with Crippen molar-refractivity contribution in [1.82, 2.24) is 0 Å². The van der Waals surface area contributed by atoms with Crippen LogP contribution in [-0.2, 0) is 9.53 Å². The zero-order valence-corrected chi connectivity index (χ0v) is 8.82. The molecule has 1 rings (SSSR count). The van der Waals surface area contributed by atoms with Crippen LogP contribution < -0.4 is 5.73 Å².